The largest absolute Gasteiger partial charge is 0.493 e. The molecule has 0 aliphatic rings. The lowest BCUT2D eigenvalue weighted by Gasteiger charge is -2.12. The van der Waals surface area contributed by atoms with Crippen molar-refractivity contribution >= 4 is 14.2 Å². The maximum absolute atomic E-state index is 12.2. The molecule has 0 atom stereocenters. The molecular weight excluding hydrogens is 347 g/mol. The number of ketones is 1. The minimum Gasteiger partial charge on any atom is -0.493 e. The van der Waals surface area contributed by atoms with Crippen molar-refractivity contribution in [2.24, 2.45) is 0 Å². The van der Waals surface area contributed by atoms with Gasteiger partial charge in [0.05, 0.1) is 14.2 Å². The van der Waals surface area contributed by atoms with Gasteiger partial charge < -0.3 is 9.47 Å². The average Bonchev–Trinajstić information content (AvgIpc) is 2.69. The molecule has 0 aliphatic carbocycles. The molecule has 0 amide bonds. The fourth-order valence-corrected chi connectivity index (χ4v) is 2.77. The van der Waals surface area contributed by atoms with E-state index in [9.17, 15) is 9.36 Å². The van der Waals surface area contributed by atoms with Crippen LogP contribution in [0.3, 0.4) is 0 Å². The fraction of sp³-hybridized carbons (Fsp3) is 0.381. The monoisotopic (exact) mass is 374 g/mol. The number of Topliss-reactive ketones (excluding diaryl/α,β-unsaturated/α-hetero) is 1. The summed E-state index contributed by atoms with van der Waals surface area (Å²) in [6.45, 7) is 2.14. The van der Waals surface area contributed by atoms with E-state index in [0.717, 1.165) is 18.1 Å². The number of methoxy groups -OCH3 is 2. The van der Waals surface area contributed by atoms with Crippen molar-refractivity contribution in [2.75, 3.05) is 20.4 Å². The van der Waals surface area contributed by atoms with Crippen LogP contribution in [0.15, 0.2) is 48.5 Å². The van der Waals surface area contributed by atoms with Crippen LogP contribution in [0, 0.1) is 0 Å². The van der Waals surface area contributed by atoms with Crippen molar-refractivity contribution in [3.05, 3.63) is 59.7 Å². The highest BCUT2D eigenvalue weighted by atomic mass is 31.1. The molecule has 2 rings (SSSR count). The molecule has 0 aromatic heterocycles. The summed E-state index contributed by atoms with van der Waals surface area (Å²) >= 11 is 0. The number of carbonyl (C=O) groups is 1. The first-order valence-corrected chi connectivity index (χ1v) is 9.74. The van der Waals surface area contributed by atoms with Gasteiger partial charge in [-0.15, -0.1) is 0 Å². The van der Waals surface area contributed by atoms with E-state index in [1.807, 2.05) is 48.5 Å². The van der Waals surface area contributed by atoms with Crippen LogP contribution in [0.5, 0.6) is 11.5 Å². The first-order valence-electron chi connectivity index (χ1n) is 8.75. The Labute approximate surface area is 157 Å². The number of rotatable bonds is 9. The highest BCUT2D eigenvalue weighted by molar-refractivity contribution is 7.23. The molecule has 0 saturated heterocycles. The van der Waals surface area contributed by atoms with E-state index in [0.29, 0.717) is 31.9 Å². The minimum atomic E-state index is 0.0622. The lowest BCUT2D eigenvalue weighted by molar-refractivity contribution is 0.0992. The molecule has 0 heterocycles. The van der Waals surface area contributed by atoms with Gasteiger partial charge in [-0.05, 0) is 12.5 Å². The van der Waals surface area contributed by atoms with Gasteiger partial charge in [-0.3, -0.25) is 9.36 Å². The normalized spacial score (nSPS) is 9.96. The predicted molar refractivity (Wildman–Crippen MR) is 106 cm³/mol. The number of unbranched alkanes of at least 4 members (excludes halogenated alkanes) is 2. The van der Waals surface area contributed by atoms with Crippen LogP contribution < -0.4 is 9.47 Å². The van der Waals surface area contributed by atoms with E-state index in [1.165, 1.54) is 12.8 Å². The van der Waals surface area contributed by atoms with Crippen molar-refractivity contribution < 1.29 is 18.8 Å². The van der Waals surface area contributed by atoms with Gasteiger partial charge in [0.2, 0.25) is 0 Å². The van der Waals surface area contributed by atoms with Crippen molar-refractivity contribution in [3.63, 3.8) is 0 Å². The number of hydrogen-bond donors (Lipinski definition) is 0. The van der Waals surface area contributed by atoms with E-state index in [2.05, 4.69) is 6.92 Å². The van der Waals surface area contributed by atoms with Gasteiger partial charge in [-0.2, -0.15) is 0 Å². The lowest BCUT2D eigenvalue weighted by Crippen LogP contribution is -2.05. The summed E-state index contributed by atoms with van der Waals surface area (Å²) in [7, 11) is 3.47. The smallest absolute Gasteiger partial charge is 0.167 e. The zero-order valence-corrected chi connectivity index (χ0v) is 16.6. The second-order valence-corrected chi connectivity index (χ2v) is 6.38. The van der Waals surface area contributed by atoms with Crippen LogP contribution in [-0.4, -0.2) is 26.2 Å². The Hall–Kier alpha value is -2.19. The van der Waals surface area contributed by atoms with Crippen LogP contribution in [0.1, 0.15) is 42.1 Å². The first kappa shape index (κ1) is 21.9. The van der Waals surface area contributed by atoms with Gasteiger partial charge >= 0.3 is 0 Å². The summed E-state index contributed by atoms with van der Waals surface area (Å²) in [6.07, 6.45) is 4.69. The predicted octanol–water partition coefficient (Wildman–Crippen LogP) is 5.60. The molecule has 0 fully saturated rings. The zero-order chi connectivity index (χ0) is 19.2. The highest BCUT2D eigenvalue weighted by Gasteiger charge is 2.13. The Morgan fingerprint density at radius 3 is 2.27 bits per heavy atom. The summed E-state index contributed by atoms with van der Waals surface area (Å²) < 4.78 is 20.3. The number of hydrogen-bond acceptors (Lipinski definition) is 4. The molecular formula is C21H27O4P. The molecule has 0 radical (unpaired) electrons. The van der Waals surface area contributed by atoms with Crippen molar-refractivity contribution in [2.45, 2.75) is 32.6 Å². The standard InChI is InChI=1S/C16H16O3.C5H11OP/c1-18-15-10-6-9-13(16(15)19-2)11-14(17)12-7-4-3-5-8-12;1-2-3-4-5-7-6/h3-10H,11H2,1-2H3;2-5H2,1H3. The van der Waals surface area contributed by atoms with Gasteiger partial charge in [0.25, 0.3) is 0 Å². The first-order chi connectivity index (χ1) is 12.7. The van der Waals surface area contributed by atoms with Gasteiger partial charge in [-0.1, -0.05) is 62.2 Å². The summed E-state index contributed by atoms with van der Waals surface area (Å²) in [5, 5.41) is 0. The molecule has 26 heavy (non-hydrogen) atoms. The quantitative estimate of drug-likeness (QED) is 0.326. The Balaban J connectivity index is 0.000000412. The molecule has 0 saturated carbocycles. The van der Waals surface area contributed by atoms with Crippen LogP contribution in [0.25, 0.3) is 0 Å². The summed E-state index contributed by atoms with van der Waals surface area (Å²) in [5.74, 6) is 1.32. The molecule has 0 spiro atoms. The van der Waals surface area contributed by atoms with E-state index in [4.69, 9.17) is 9.47 Å². The van der Waals surface area contributed by atoms with Crippen molar-refractivity contribution in [1.82, 2.24) is 0 Å². The Bertz CT molecular complexity index is 671. The van der Waals surface area contributed by atoms with Gasteiger partial charge in [-0.25, -0.2) is 0 Å². The molecule has 2 aromatic rings. The average molecular weight is 374 g/mol. The van der Waals surface area contributed by atoms with Gasteiger partial charge in [0, 0.05) is 23.7 Å². The number of para-hydroxylation sites is 1. The zero-order valence-electron chi connectivity index (χ0n) is 15.7. The summed E-state index contributed by atoms with van der Waals surface area (Å²) in [6, 6.07) is 14.8. The molecule has 2 aromatic carbocycles. The third-order valence-corrected chi connectivity index (χ3v) is 4.28. The molecule has 140 valence electrons. The molecule has 0 N–H and O–H groups in total. The summed E-state index contributed by atoms with van der Waals surface area (Å²) in [4.78, 5) is 12.2. The second-order valence-electron chi connectivity index (χ2n) is 5.68. The van der Waals surface area contributed by atoms with Gasteiger partial charge in [0.1, 0.15) is 0 Å². The van der Waals surface area contributed by atoms with Crippen molar-refractivity contribution in [1.29, 1.82) is 0 Å². The third-order valence-electron chi connectivity index (χ3n) is 3.78. The molecule has 0 bridgehead atoms. The topological polar surface area (TPSA) is 52.6 Å². The molecule has 4 nitrogen and oxygen atoms in total. The van der Waals surface area contributed by atoms with E-state index in [-0.39, 0.29) is 5.78 Å². The van der Waals surface area contributed by atoms with Crippen molar-refractivity contribution in [3.8, 4) is 11.5 Å². The lowest BCUT2D eigenvalue weighted by atomic mass is 10.0. The van der Waals surface area contributed by atoms with Crippen LogP contribution in [0.2, 0.25) is 0 Å². The van der Waals surface area contributed by atoms with E-state index >= 15 is 0 Å². The van der Waals surface area contributed by atoms with Crippen LogP contribution in [-0.2, 0) is 11.0 Å². The molecule has 0 unspecified atom stereocenters. The Morgan fingerprint density at radius 2 is 1.69 bits per heavy atom. The Morgan fingerprint density at radius 1 is 0.962 bits per heavy atom. The maximum Gasteiger partial charge on any atom is 0.167 e. The number of carbonyl (C=O) groups excluding carboxylic acids is 1. The summed E-state index contributed by atoms with van der Waals surface area (Å²) in [5.41, 5.74) is 1.53. The number of ether oxygens (including phenoxy) is 2. The second kappa shape index (κ2) is 13.1. The maximum atomic E-state index is 12.2. The molecule has 0 aliphatic heterocycles. The van der Waals surface area contributed by atoms with E-state index < -0.39 is 0 Å². The van der Waals surface area contributed by atoms with Gasteiger partial charge in [0.15, 0.2) is 25.7 Å². The number of benzene rings is 2. The minimum absolute atomic E-state index is 0.0622. The van der Waals surface area contributed by atoms with E-state index in [1.54, 1.807) is 14.2 Å². The Kier molecular flexibility index (Phi) is 11.0. The fourth-order valence-electron chi connectivity index (χ4n) is 2.42. The highest BCUT2D eigenvalue weighted by Crippen LogP contribution is 2.31. The van der Waals surface area contributed by atoms with Crippen LogP contribution >= 0.6 is 8.46 Å². The van der Waals surface area contributed by atoms with Crippen LogP contribution in [0.4, 0.5) is 0 Å². The third kappa shape index (κ3) is 7.37. The molecule has 5 heteroatoms. The SMILES string of the molecule is CCCCCP=O.COc1cccc(CC(=O)c2ccccc2)c1OC.